The maximum Gasteiger partial charge on any atom is 0.135 e. The number of fused-ring (bicyclic) bond motifs is 4. The van der Waals surface area contributed by atoms with E-state index in [2.05, 4.69) is 222 Å². The Hall–Kier alpha value is -7.98. The second kappa shape index (κ2) is 19.7. The number of rotatable bonds is 9. The molecule has 0 fully saturated rings. The predicted molar refractivity (Wildman–Crippen MR) is 308 cm³/mol. The Morgan fingerprint density at radius 3 is 1.81 bits per heavy atom. The van der Waals surface area contributed by atoms with E-state index in [1.165, 1.54) is 11.1 Å². The van der Waals surface area contributed by atoms with Crippen molar-refractivity contribution in [1.82, 2.24) is 9.55 Å². The van der Waals surface area contributed by atoms with Gasteiger partial charge in [-0.05, 0) is 97.9 Å². The third-order valence-electron chi connectivity index (χ3n) is 14.2. The SMILES string of the molecule is [2H]C([2H])([2H])c1cc(-n2c3[c-]c(Oc4[c-]c(N5[CH-]N(c6c(-c7ccc(C(C)(C)C)cc7)cccc6-c6cccc(-c7ccccc7)c6)c6ccccc65)ccc4)ccc3c3cc(C(C)(C)C)ccc32)ncc1-c1ccccc1.[Pt]. The third kappa shape index (κ3) is 9.36. The van der Waals surface area contributed by atoms with Crippen molar-refractivity contribution in [2.45, 2.75) is 59.2 Å². The second-order valence-corrected chi connectivity index (χ2v) is 21.2. The Kier molecular flexibility index (Phi) is 12.0. The Morgan fingerprint density at radius 2 is 1.09 bits per heavy atom. The number of aryl methyl sites for hydroxylation is 1. The van der Waals surface area contributed by atoms with Gasteiger partial charge in [-0.15, -0.1) is 48.1 Å². The van der Waals surface area contributed by atoms with Crippen molar-refractivity contribution in [3.63, 3.8) is 0 Å². The molecule has 0 N–H and O–H groups in total. The van der Waals surface area contributed by atoms with Crippen molar-refractivity contribution < 1.29 is 29.9 Å². The van der Waals surface area contributed by atoms with Crippen molar-refractivity contribution in [2.24, 2.45) is 0 Å². The summed E-state index contributed by atoms with van der Waals surface area (Å²) in [7, 11) is 0. The molecule has 0 radical (unpaired) electrons. The quantitative estimate of drug-likeness (QED) is 0.135. The monoisotopic (exact) mass is 1160 g/mol. The fourth-order valence-electron chi connectivity index (χ4n) is 10.3. The van der Waals surface area contributed by atoms with Crippen LogP contribution in [0.15, 0.2) is 212 Å². The van der Waals surface area contributed by atoms with Crippen LogP contribution in [0, 0.1) is 25.7 Å². The molecule has 0 atom stereocenters. The van der Waals surface area contributed by atoms with Gasteiger partial charge in [-0.3, -0.25) is 0 Å². The van der Waals surface area contributed by atoms with E-state index in [0.29, 0.717) is 28.4 Å². The van der Waals surface area contributed by atoms with Gasteiger partial charge in [-0.25, -0.2) is 4.98 Å². The smallest absolute Gasteiger partial charge is 0.135 e. The second-order valence-electron chi connectivity index (χ2n) is 21.2. The first kappa shape index (κ1) is 45.6. The Labute approximate surface area is 460 Å². The first-order valence-electron chi connectivity index (χ1n) is 26.8. The minimum absolute atomic E-state index is 0. The van der Waals surface area contributed by atoms with Gasteiger partial charge in [0.2, 0.25) is 0 Å². The molecule has 0 unspecified atom stereocenters. The molecular formula is C69H57N4OPt-3. The zero-order valence-electron chi connectivity index (χ0n) is 45.8. The molecule has 1 aliphatic rings. The molecule has 372 valence electrons. The maximum absolute atomic E-state index is 8.65. The maximum atomic E-state index is 8.65. The molecule has 5 nitrogen and oxygen atoms in total. The van der Waals surface area contributed by atoms with Crippen molar-refractivity contribution in [3.05, 3.63) is 248 Å². The molecule has 2 aromatic heterocycles. The van der Waals surface area contributed by atoms with E-state index in [1.807, 2.05) is 53.1 Å². The van der Waals surface area contributed by atoms with Gasteiger partial charge in [0.1, 0.15) is 5.82 Å². The minimum atomic E-state index is -2.40. The molecule has 0 amide bonds. The predicted octanol–water partition coefficient (Wildman–Crippen LogP) is 18.5. The van der Waals surface area contributed by atoms with Crippen LogP contribution in [-0.4, -0.2) is 9.55 Å². The molecule has 9 aromatic carbocycles. The molecule has 1 aliphatic heterocycles. The van der Waals surface area contributed by atoms with Crippen LogP contribution in [0.3, 0.4) is 0 Å². The van der Waals surface area contributed by atoms with Gasteiger partial charge in [0.25, 0.3) is 0 Å². The molecule has 0 bridgehead atoms. The fraction of sp³-hybridized carbons (Fsp3) is 0.130. The number of benzene rings is 9. The number of anilines is 4. The van der Waals surface area contributed by atoms with E-state index in [9.17, 15) is 0 Å². The van der Waals surface area contributed by atoms with Gasteiger partial charge < -0.3 is 19.1 Å². The third-order valence-corrected chi connectivity index (χ3v) is 14.2. The summed E-state index contributed by atoms with van der Waals surface area (Å²) < 4.78 is 34.7. The topological polar surface area (TPSA) is 33.5 Å². The molecule has 11 aromatic rings. The minimum Gasteiger partial charge on any atom is -0.509 e. The van der Waals surface area contributed by atoms with Crippen molar-refractivity contribution in [1.29, 1.82) is 0 Å². The molecule has 6 heteroatoms. The van der Waals surface area contributed by atoms with Gasteiger partial charge in [0.05, 0.1) is 0 Å². The van der Waals surface area contributed by atoms with E-state index in [0.717, 1.165) is 78.0 Å². The van der Waals surface area contributed by atoms with E-state index in [-0.39, 0.29) is 37.5 Å². The molecule has 0 saturated heterocycles. The number of pyridine rings is 1. The van der Waals surface area contributed by atoms with Crippen LogP contribution >= 0.6 is 0 Å². The molecular weight excluding hydrogens is 1100 g/mol. The molecule has 0 saturated carbocycles. The van der Waals surface area contributed by atoms with Crippen LogP contribution in [0.1, 0.15) is 62.3 Å². The van der Waals surface area contributed by atoms with E-state index < -0.39 is 6.85 Å². The average Bonchev–Trinajstić information content (AvgIpc) is 4.02. The molecule has 3 heterocycles. The zero-order valence-corrected chi connectivity index (χ0v) is 45.1. The van der Waals surface area contributed by atoms with Crippen LogP contribution in [0.2, 0.25) is 0 Å². The average molecular weight is 1160 g/mol. The summed E-state index contributed by atoms with van der Waals surface area (Å²) in [5.74, 6) is 1.46. The number of para-hydroxylation sites is 3. The summed E-state index contributed by atoms with van der Waals surface area (Å²) in [5, 5.41) is 1.96. The Morgan fingerprint density at radius 1 is 0.493 bits per heavy atom. The standard InChI is InChI=1S/C69H57N4O.Pt/c1-46-39-66(70-44-61(46)48-21-12-9-13-22-48)73-62-38-35-53(69(5,6)7)41-60(62)59-37-36-56(43-65(59)73)74-55-26-17-25-54(42-55)71-45-72(64-30-15-14-29-63(64)71)67-57(49-31-33-52(34-32-49)68(2,3)4)27-18-28-58(67)51-24-16-23-50(40-51)47-19-10-8-11-20-47;/h8-41,44-45H,1-7H3;/q-3;/i1D3;. The van der Waals surface area contributed by atoms with Gasteiger partial charge in [-0.2, -0.15) is 12.1 Å². The number of hydrogen-bond donors (Lipinski definition) is 0. The number of nitrogens with zero attached hydrogens (tertiary/aromatic N) is 4. The summed E-state index contributed by atoms with van der Waals surface area (Å²) in [5.41, 5.74) is 16.2. The van der Waals surface area contributed by atoms with Crippen molar-refractivity contribution >= 4 is 44.6 Å². The van der Waals surface area contributed by atoms with Gasteiger partial charge in [-0.1, -0.05) is 193 Å². The van der Waals surface area contributed by atoms with Crippen LogP contribution < -0.4 is 14.5 Å². The van der Waals surface area contributed by atoms with Crippen LogP contribution in [0.5, 0.6) is 11.5 Å². The molecule has 0 aliphatic carbocycles. The first-order valence-corrected chi connectivity index (χ1v) is 25.3. The number of aromatic nitrogens is 2. The van der Waals surface area contributed by atoms with Gasteiger partial charge in [0, 0.05) is 82.1 Å². The van der Waals surface area contributed by atoms with Crippen LogP contribution in [-0.2, 0) is 31.9 Å². The fourth-order valence-corrected chi connectivity index (χ4v) is 10.3. The number of hydrogen-bond acceptors (Lipinski definition) is 4. The largest absolute Gasteiger partial charge is 0.509 e. The first-order chi connectivity index (χ1) is 37.1. The Balaban J connectivity index is 0.00000645. The molecule has 12 rings (SSSR count). The van der Waals surface area contributed by atoms with Crippen molar-refractivity contribution in [2.75, 3.05) is 9.80 Å². The number of ether oxygens (including phenoxy) is 1. The Bertz CT molecular complexity index is 4010. The molecule has 75 heavy (non-hydrogen) atoms. The summed E-state index contributed by atoms with van der Waals surface area (Å²) in [4.78, 5) is 9.46. The van der Waals surface area contributed by atoms with Gasteiger partial charge in [0.15, 0.2) is 0 Å². The summed E-state index contributed by atoms with van der Waals surface area (Å²) in [6.45, 7) is 13.1. The summed E-state index contributed by atoms with van der Waals surface area (Å²) in [6.07, 6.45) is 1.68. The van der Waals surface area contributed by atoms with Crippen LogP contribution in [0.25, 0.3) is 72.1 Å². The normalized spacial score (nSPS) is 13.3. The van der Waals surface area contributed by atoms with E-state index in [1.54, 1.807) is 12.3 Å². The van der Waals surface area contributed by atoms with E-state index >= 15 is 0 Å². The zero-order chi connectivity index (χ0) is 53.2. The van der Waals surface area contributed by atoms with Crippen LogP contribution in [0.4, 0.5) is 22.7 Å². The summed E-state index contributed by atoms with van der Waals surface area (Å²) >= 11 is 0. The summed E-state index contributed by atoms with van der Waals surface area (Å²) in [6, 6.07) is 78.4. The van der Waals surface area contributed by atoms with Gasteiger partial charge >= 0.3 is 0 Å². The molecule has 0 spiro atoms. The van der Waals surface area contributed by atoms with Crippen molar-refractivity contribution in [3.8, 4) is 61.8 Å². The van der Waals surface area contributed by atoms with E-state index in [4.69, 9.17) is 13.8 Å².